The summed E-state index contributed by atoms with van der Waals surface area (Å²) in [5.74, 6) is 0.871. The Hall–Kier alpha value is -2.13. The molecule has 0 radical (unpaired) electrons. The molecule has 0 saturated carbocycles. The van der Waals surface area contributed by atoms with Crippen LogP contribution in [0.25, 0.3) is 11.2 Å². The molecule has 4 rings (SSSR count). The number of fused-ring (bicyclic) bond motifs is 1. The van der Waals surface area contributed by atoms with Crippen LogP contribution in [0.4, 0.5) is 5.82 Å². The van der Waals surface area contributed by atoms with E-state index in [2.05, 4.69) is 37.0 Å². The molecule has 0 unspecified atom stereocenters. The Kier molecular flexibility index (Phi) is 3.69. The molecule has 126 valence electrons. The Morgan fingerprint density at radius 1 is 1.29 bits per heavy atom. The van der Waals surface area contributed by atoms with Gasteiger partial charge in [0.05, 0.1) is 6.20 Å². The molecule has 0 aliphatic carbocycles. The summed E-state index contributed by atoms with van der Waals surface area (Å²) in [7, 11) is 1.95. The van der Waals surface area contributed by atoms with E-state index in [0.29, 0.717) is 5.65 Å². The monoisotopic (exact) mass is 344 g/mol. The first-order valence-corrected chi connectivity index (χ1v) is 8.74. The van der Waals surface area contributed by atoms with Crippen molar-refractivity contribution < 1.29 is 0 Å². The van der Waals surface area contributed by atoms with Gasteiger partial charge in [-0.3, -0.25) is 5.10 Å². The van der Waals surface area contributed by atoms with Crippen LogP contribution in [0.15, 0.2) is 28.8 Å². The van der Waals surface area contributed by atoms with E-state index in [1.807, 2.05) is 24.0 Å². The lowest BCUT2D eigenvalue weighted by Gasteiger charge is -2.37. The van der Waals surface area contributed by atoms with Gasteiger partial charge in [-0.1, -0.05) is 0 Å². The quantitative estimate of drug-likeness (QED) is 0.743. The Balaban J connectivity index is 1.58. The molecule has 3 aromatic rings. The minimum atomic E-state index is -0.0755. The maximum atomic E-state index is 6.20. The second kappa shape index (κ2) is 5.75. The van der Waals surface area contributed by atoms with Crippen LogP contribution in [-0.2, 0) is 7.05 Å². The van der Waals surface area contributed by atoms with Crippen LogP contribution >= 0.6 is 11.8 Å². The molecule has 0 spiro atoms. The van der Waals surface area contributed by atoms with Crippen molar-refractivity contribution in [3.05, 3.63) is 18.6 Å². The number of piperidine rings is 1. The minimum Gasteiger partial charge on any atom is -0.355 e. The van der Waals surface area contributed by atoms with Crippen molar-refractivity contribution in [3.63, 3.8) is 0 Å². The molecular weight excluding hydrogens is 324 g/mol. The fourth-order valence-corrected chi connectivity index (χ4v) is 3.61. The van der Waals surface area contributed by atoms with Crippen LogP contribution in [0.1, 0.15) is 19.8 Å². The number of H-pyrrole nitrogens is 1. The molecule has 0 atom stereocenters. The van der Waals surface area contributed by atoms with Gasteiger partial charge in [0.1, 0.15) is 11.3 Å². The first kappa shape index (κ1) is 15.4. The van der Waals surface area contributed by atoms with Gasteiger partial charge in [0, 0.05) is 38.1 Å². The van der Waals surface area contributed by atoms with Crippen LogP contribution in [0, 0.1) is 0 Å². The molecule has 3 aromatic heterocycles. The summed E-state index contributed by atoms with van der Waals surface area (Å²) in [6.07, 6.45) is 7.40. The highest BCUT2D eigenvalue weighted by molar-refractivity contribution is 7.99. The van der Waals surface area contributed by atoms with Crippen molar-refractivity contribution in [2.75, 3.05) is 18.0 Å². The lowest BCUT2D eigenvalue weighted by Crippen LogP contribution is -2.48. The molecule has 0 bridgehead atoms. The van der Waals surface area contributed by atoms with E-state index < -0.39 is 0 Å². The second-order valence-electron chi connectivity index (χ2n) is 6.52. The van der Waals surface area contributed by atoms with Gasteiger partial charge in [-0.25, -0.2) is 15.0 Å². The first-order chi connectivity index (χ1) is 11.5. The van der Waals surface area contributed by atoms with Gasteiger partial charge in [0.15, 0.2) is 15.8 Å². The number of nitrogens with two attached hydrogens (primary N) is 1. The number of nitrogens with zero attached hydrogens (tertiary/aromatic N) is 6. The standard InChI is InChI=1S/C15H20N8S/c1-15(16)3-6-23(7-4-15)10-9-18-11-12(19-10)20-21-13(11)24-14-17-5-8-22(14)2/h5,8-9H,3-4,6-7,16H2,1-2H3,(H,19,20,21). The number of rotatable bonds is 3. The van der Waals surface area contributed by atoms with Gasteiger partial charge in [-0.05, 0) is 31.5 Å². The van der Waals surface area contributed by atoms with Crippen molar-refractivity contribution in [1.82, 2.24) is 29.7 Å². The Morgan fingerprint density at radius 2 is 2.08 bits per heavy atom. The van der Waals surface area contributed by atoms with E-state index in [9.17, 15) is 0 Å². The summed E-state index contributed by atoms with van der Waals surface area (Å²) in [6.45, 7) is 3.90. The number of aromatic amines is 1. The normalized spacial score (nSPS) is 17.5. The lowest BCUT2D eigenvalue weighted by molar-refractivity contribution is 0.363. The SMILES string of the molecule is Cn1ccnc1Sc1n[nH]c2nc(N3CCC(C)(N)CC3)cnc12. The number of hydrogen-bond donors (Lipinski definition) is 2. The lowest BCUT2D eigenvalue weighted by atomic mass is 9.91. The minimum absolute atomic E-state index is 0.0755. The molecular formula is C15H20N8S. The van der Waals surface area contributed by atoms with Gasteiger partial charge in [0.2, 0.25) is 0 Å². The highest BCUT2D eigenvalue weighted by Gasteiger charge is 2.27. The molecule has 8 nitrogen and oxygen atoms in total. The van der Waals surface area contributed by atoms with E-state index in [4.69, 9.17) is 5.73 Å². The zero-order valence-corrected chi connectivity index (χ0v) is 14.5. The van der Waals surface area contributed by atoms with Crippen molar-refractivity contribution in [2.45, 2.75) is 35.5 Å². The van der Waals surface area contributed by atoms with Crippen molar-refractivity contribution in [3.8, 4) is 0 Å². The van der Waals surface area contributed by atoms with Crippen LogP contribution < -0.4 is 10.6 Å². The summed E-state index contributed by atoms with van der Waals surface area (Å²) in [5, 5.41) is 8.98. The van der Waals surface area contributed by atoms with Crippen molar-refractivity contribution in [1.29, 1.82) is 0 Å². The number of anilines is 1. The average Bonchev–Trinajstić information content (AvgIpc) is 3.14. The van der Waals surface area contributed by atoms with Crippen molar-refractivity contribution in [2.24, 2.45) is 12.8 Å². The molecule has 24 heavy (non-hydrogen) atoms. The second-order valence-corrected chi connectivity index (χ2v) is 7.47. The van der Waals surface area contributed by atoms with Gasteiger partial charge < -0.3 is 15.2 Å². The number of imidazole rings is 1. The zero-order valence-electron chi connectivity index (χ0n) is 13.7. The van der Waals surface area contributed by atoms with Crippen LogP contribution in [0.3, 0.4) is 0 Å². The average molecular weight is 344 g/mol. The number of aromatic nitrogens is 6. The smallest absolute Gasteiger partial charge is 0.177 e. The van der Waals surface area contributed by atoms with Gasteiger partial charge in [0.25, 0.3) is 0 Å². The highest BCUT2D eigenvalue weighted by atomic mass is 32.2. The maximum absolute atomic E-state index is 6.20. The third-order valence-electron chi connectivity index (χ3n) is 4.42. The summed E-state index contributed by atoms with van der Waals surface area (Å²) < 4.78 is 1.95. The fourth-order valence-electron chi connectivity index (χ4n) is 2.78. The topological polar surface area (TPSA) is 102 Å². The Labute approximate surface area is 143 Å². The Bertz CT molecular complexity index is 857. The van der Waals surface area contributed by atoms with Gasteiger partial charge in [-0.15, -0.1) is 0 Å². The molecule has 1 aliphatic rings. The van der Waals surface area contributed by atoms with E-state index >= 15 is 0 Å². The molecule has 9 heteroatoms. The molecule has 1 aliphatic heterocycles. The van der Waals surface area contributed by atoms with Crippen LogP contribution in [-0.4, -0.2) is 48.3 Å². The number of aryl methyl sites for hydroxylation is 1. The third kappa shape index (κ3) is 2.84. The molecule has 1 saturated heterocycles. The maximum Gasteiger partial charge on any atom is 0.177 e. The Morgan fingerprint density at radius 3 is 2.79 bits per heavy atom. The molecule has 1 fully saturated rings. The summed E-state index contributed by atoms with van der Waals surface area (Å²) in [5.41, 5.74) is 7.59. The van der Waals surface area contributed by atoms with Gasteiger partial charge in [-0.2, -0.15) is 5.10 Å². The van der Waals surface area contributed by atoms with E-state index in [1.54, 1.807) is 6.20 Å². The zero-order chi connectivity index (χ0) is 16.7. The summed E-state index contributed by atoms with van der Waals surface area (Å²) in [6, 6.07) is 0. The number of nitrogens with one attached hydrogen (secondary N) is 1. The van der Waals surface area contributed by atoms with E-state index in [0.717, 1.165) is 47.4 Å². The third-order valence-corrected chi connectivity index (χ3v) is 5.47. The number of hydrogen-bond acceptors (Lipinski definition) is 7. The van der Waals surface area contributed by atoms with Crippen LogP contribution in [0.2, 0.25) is 0 Å². The predicted octanol–water partition coefficient (Wildman–Crippen LogP) is 1.56. The predicted molar refractivity (Wildman–Crippen MR) is 93.1 cm³/mol. The molecule has 3 N–H and O–H groups in total. The molecule has 4 heterocycles. The fraction of sp³-hybridized carbons (Fsp3) is 0.467. The summed E-state index contributed by atoms with van der Waals surface area (Å²) >= 11 is 1.48. The van der Waals surface area contributed by atoms with Crippen LogP contribution in [0.5, 0.6) is 0 Å². The van der Waals surface area contributed by atoms with E-state index in [1.165, 1.54) is 11.8 Å². The largest absolute Gasteiger partial charge is 0.355 e. The molecule has 0 amide bonds. The van der Waals surface area contributed by atoms with E-state index in [-0.39, 0.29) is 5.54 Å². The molecule has 0 aromatic carbocycles. The first-order valence-electron chi connectivity index (χ1n) is 7.92. The van der Waals surface area contributed by atoms with Gasteiger partial charge >= 0.3 is 0 Å². The van der Waals surface area contributed by atoms with Crippen molar-refractivity contribution >= 4 is 28.7 Å². The highest BCUT2D eigenvalue weighted by Crippen LogP contribution is 2.30. The summed E-state index contributed by atoms with van der Waals surface area (Å²) in [4.78, 5) is 15.8.